The number of rotatable bonds is 10. The summed E-state index contributed by atoms with van der Waals surface area (Å²) in [7, 11) is 0. The maximum Gasteiger partial charge on any atom is 0.0729 e. The summed E-state index contributed by atoms with van der Waals surface area (Å²) in [4.78, 5) is 0. The van der Waals surface area contributed by atoms with Crippen LogP contribution in [0.2, 0.25) is 0 Å². The third-order valence-corrected chi connectivity index (χ3v) is 8.33. The Kier molecular flexibility index (Phi) is 13.5. The van der Waals surface area contributed by atoms with Gasteiger partial charge in [-0.3, -0.25) is 0 Å². The van der Waals surface area contributed by atoms with Gasteiger partial charge >= 0.3 is 0 Å². The molecule has 0 aliphatic heterocycles. The van der Waals surface area contributed by atoms with Crippen LogP contribution in [0, 0.1) is 16.7 Å². The van der Waals surface area contributed by atoms with Crippen LogP contribution in [0.4, 0.5) is 0 Å². The Morgan fingerprint density at radius 3 is 1.74 bits per heavy atom. The molecule has 228 valence electrons. The molecule has 0 saturated heterocycles. The SMILES string of the molecule is CC1=C[C@H](O)CC(C)(C)[C@@H]1\C=C/C(C)=C/C=C\C(C)=C\C=C/C=C(C)\C=C/C=C(C)\C=C\C1=C(C)C[C@@H](O)CC1(C)C. The van der Waals surface area contributed by atoms with Crippen LogP contribution in [-0.4, -0.2) is 22.4 Å². The minimum absolute atomic E-state index is 0.00528. The number of hydrogen-bond donors (Lipinski definition) is 2. The van der Waals surface area contributed by atoms with Crippen LogP contribution in [0.1, 0.15) is 88.5 Å². The average Bonchev–Trinajstić information content (AvgIpc) is 2.84. The molecule has 2 rings (SSSR count). The van der Waals surface area contributed by atoms with Gasteiger partial charge in [-0.1, -0.05) is 152 Å². The second kappa shape index (κ2) is 16.1. The summed E-state index contributed by atoms with van der Waals surface area (Å²) in [5, 5.41) is 20.2. The molecule has 2 aliphatic rings. The predicted molar refractivity (Wildman–Crippen MR) is 184 cm³/mol. The van der Waals surface area contributed by atoms with Crippen molar-refractivity contribution in [3.63, 3.8) is 0 Å². The van der Waals surface area contributed by atoms with Crippen molar-refractivity contribution in [3.8, 4) is 0 Å². The van der Waals surface area contributed by atoms with Crippen LogP contribution in [0.3, 0.4) is 0 Å². The summed E-state index contributed by atoms with van der Waals surface area (Å²) in [6, 6.07) is 0. The summed E-state index contributed by atoms with van der Waals surface area (Å²) >= 11 is 0. The van der Waals surface area contributed by atoms with E-state index in [2.05, 4.69) is 154 Å². The topological polar surface area (TPSA) is 40.5 Å². The molecule has 3 atom stereocenters. The highest BCUT2D eigenvalue weighted by Gasteiger charge is 2.34. The molecule has 0 spiro atoms. The number of allylic oxidation sites excluding steroid dienone is 20. The van der Waals surface area contributed by atoms with Gasteiger partial charge in [0.1, 0.15) is 0 Å². The van der Waals surface area contributed by atoms with Gasteiger partial charge in [0, 0.05) is 5.92 Å². The molecule has 0 aromatic rings. The highest BCUT2D eigenvalue weighted by molar-refractivity contribution is 5.38. The molecule has 0 amide bonds. The Morgan fingerprint density at radius 2 is 1.21 bits per heavy atom. The largest absolute Gasteiger partial charge is 0.393 e. The third-order valence-electron chi connectivity index (χ3n) is 8.33. The summed E-state index contributed by atoms with van der Waals surface area (Å²) in [5.41, 5.74) is 8.73. The van der Waals surface area contributed by atoms with Gasteiger partial charge in [-0.15, -0.1) is 0 Å². The molecule has 2 nitrogen and oxygen atoms in total. The smallest absolute Gasteiger partial charge is 0.0729 e. The van der Waals surface area contributed by atoms with Crippen molar-refractivity contribution in [1.29, 1.82) is 0 Å². The van der Waals surface area contributed by atoms with Crippen LogP contribution in [-0.2, 0) is 0 Å². The van der Waals surface area contributed by atoms with E-state index in [9.17, 15) is 10.2 Å². The second-order valence-corrected chi connectivity index (χ2v) is 13.7. The van der Waals surface area contributed by atoms with Crippen molar-refractivity contribution < 1.29 is 10.2 Å². The third kappa shape index (κ3) is 11.7. The number of aliphatic hydroxyl groups excluding tert-OH is 2. The van der Waals surface area contributed by atoms with E-state index in [4.69, 9.17) is 0 Å². The Balaban J connectivity index is 1.90. The fourth-order valence-electron chi connectivity index (χ4n) is 6.14. The predicted octanol–water partition coefficient (Wildman–Crippen LogP) is 10.4. The molecule has 0 aromatic heterocycles. The van der Waals surface area contributed by atoms with Gasteiger partial charge < -0.3 is 10.2 Å². The molecule has 0 fully saturated rings. The Hall–Kier alpha value is -2.94. The van der Waals surface area contributed by atoms with Crippen molar-refractivity contribution in [1.82, 2.24) is 0 Å². The standard InChI is InChI=1S/C40H56O2/c1-29(17-13-19-31(3)21-23-37-33(5)25-35(41)27-39(37,7)8)15-11-12-16-30(2)18-14-20-32(4)22-24-38-34(6)26-36(42)28-40(38,9)10/h11-25,35-37,41-42H,26-28H2,1-10H3/b12-11-,17-13-,18-14-,23-21-,24-22+,29-15+,30-16-,31-19+,32-20-/t35-,36+,37+/m0/s1. The normalized spacial score (nSPS) is 26.6. The Labute approximate surface area is 257 Å². The van der Waals surface area contributed by atoms with Crippen molar-refractivity contribution in [2.45, 2.75) is 101 Å². The van der Waals surface area contributed by atoms with E-state index >= 15 is 0 Å². The van der Waals surface area contributed by atoms with E-state index in [0.717, 1.165) is 19.3 Å². The van der Waals surface area contributed by atoms with Gasteiger partial charge in [0.15, 0.2) is 0 Å². The van der Waals surface area contributed by atoms with Crippen LogP contribution in [0.15, 0.2) is 130 Å². The summed E-state index contributed by atoms with van der Waals surface area (Å²) in [6.07, 6.45) is 33.8. The minimum atomic E-state index is -0.331. The van der Waals surface area contributed by atoms with E-state index in [-0.39, 0.29) is 23.0 Å². The maximum absolute atomic E-state index is 10.1. The lowest BCUT2D eigenvalue weighted by Crippen LogP contribution is -2.32. The Morgan fingerprint density at radius 1 is 0.714 bits per heavy atom. The van der Waals surface area contributed by atoms with Crippen LogP contribution in [0.25, 0.3) is 0 Å². The Bertz CT molecular complexity index is 1270. The lowest BCUT2D eigenvalue weighted by atomic mass is 9.67. The molecular formula is C40H56O2. The first-order valence-corrected chi connectivity index (χ1v) is 15.4. The lowest BCUT2D eigenvalue weighted by Gasteiger charge is -2.38. The molecule has 2 aliphatic carbocycles. The minimum Gasteiger partial charge on any atom is -0.393 e. The molecule has 0 radical (unpaired) electrons. The van der Waals surface area contributed by atoms with Crippen LogP contribution in [0.5, 0.6) is 0 Å². The van der Waals surface area contributed by atoms with E-state index in [1.807, 2.05) is 6.08 Å². The number of aliphatic hydroxyl groups is 2. The van der Waals surface area contributed by atoms with E-state index in [1.165, 1.54) is 39.0 Å². The lowest BCUT2D eigenvalue weighted by molar-refractivity contribution is 0.116. The molecule has 0 heterocycles. The highest BCUT2D eigenvalue weighted by atomic mass is 16.3. The van der Waals surface area contributed by atoms with Crippen LogP contribution < -0.4 is 0 Å². The maximum atomic E-state index is 10.1. The van der Waals surface area contributed by atoms with E-state index in [0.29, 0.717) is 5.92 Å². The van der Waals surface area contributed by atoms with Crippen molar-refractivity contribution >= 4 is 0 Å². The van der Waals surface area contributed by atoms with Gasteiger partial charge in [-0.25, -0.2) is 0 Å². The fraction of sp³-hybridized carbons (Fsp3) is 0.450. The molecule has 0 aromatic carbocycles. The molecule has 0 saturated carbocycles. The zero-order valence-corrected chi connectivity index (χ0v) is 27.9. The summed E-state index contributed by atoms with van der Waals surface area (Å²) < 4.78 is 0. The fourth-order valence-corrected chi connectivity index (χ4v) is 6.14. The van der Waals surface area contributed by atoms with Gasteiger partial charge in [0.05, 0.1) is 12.2 Å². The highest BCUT2D eigenvalue weighted by Crippen LogP contribution is 2.42. The van der Waals surface area contributed by atoms with Crippen molar-refractivity contribution in [2.75, 3.05) is 0 Å². The summed E-state index contributed by atoms with van der Waals surface area (Å²) in [5.74, 6) is 0.348. The van der Waals surface area contributed by atoms with Crippen molar-refractivity contribution in [3.05, 3.63) is 130 Å². The van der Waals surface area contributed by atoms with Crippen LogP contribution >= 0.6 is 0 Å². The molecular weight excluding hydrogens is 512 g/mol. The first kappa shape index (κ1) is 35.3. The monoisotopic (exact) mass is 568 g/mol. The molecule has 2 N–H and O–H groups in total. The first-order valence-electron chi connectivity index (χ1n) is 15.4. The molecule has 42 heavy (non-hydrogen) atoms. The molecule has 0 bridgehead atoms. The van der Waals surface area contributed by atoms with Crippen molar-refractivity contribution in [2.24, 2.45) is 16.7 Å². The zero-order chi connectivity index (χ0) is 31.5. The summed E-state index contributed by atoms with van der Waals surface area (Å²) in [6.45, 7) is 21.6. The van der Waals surface area contributed by atoms with Gasteiger partial charge in [-0.2, -0.15) is 0 Å². The van der Waals surface area contributed by atoms with Gasteiger partial charge in [0.25, 0.3) is 0 Å². The first-order chi connectivity index (χ1) is 19.6. The molecule has 0 unspecified atom stereocenters. The van der Waals surface area contributed by atoms with Gasteiger partial charge in [-0.05, 0) is 77.2 Å². The molecule has 2 heteroatoms. The second-order valence-electron chi connectivity index (χ2n) is 13.7. The quantitative estimate of drug-likeness (QED) is 0.203. The van der Waals surface area contributed by atoms with E-state index < -0.39 is 0 Å². The van der Waals surface area contributed by atoms with E-state index in [1.54, 1.807) is 0 Å². The zero-order valence-electron chi connectivity index (χ0n) is 27.9. The average molecular weight is 569 g/mol. The number of hydrogen-bond acceptors (Lipinski definition) is 2. The van der Waals surface area contributed by atoms with Gasteiger partial charge in [0.2, 0.25) is 0 Å².